The van der Waals surface area contributed by atoms with Crippen LogP contribution in [-0.4, -0.2) is 22.6 Å². The number of hydrogen-bond acceptors (Lipinski definition) is 4. The molecule has 6 nitrogen and oxygen atoms in total. The predicted octanol–water partition coefficient (Wildman–Crippen LogP) is 8.88. The van der Waals surface area contributed by atoms with Crippen LogP contribution in [0.4, 0.5) is 34.1 Å². The summed E-state index contributed by atoms with van der Waals surface area (Å²) in [5.41, 5.74) is 7.28. The molecule has 0 aromatic heterocycles. The summed E-state index contributed by atoms with van der Waals surface area (Å²) in [7, 11) is -4.02. The first-order valence-corrected chi connectivity index (χ1v) is 15.3. The van der Waals surface area contributed by atoms with Crippen molar-refractivity contribution in [1.82, 2.24) is 0 Å². The molecule has 7 heteroatoms. The summed E-state index contributed by atoms with van der Waals surface area (Å²) in [6, 6.07) is 45.3. The third-order valence-corrected chi connectivity index (χ3v) is 7.58. The minimum Gasteiger partial charge on any atom is -0.494 e. The van der Waals surface area contributed by atoms with Gasteiger partial charge in [0.25, 0.3) is 0 Å². The van der Waals surface area contributed by atoms with Gasteiger partial charge in [-0.05, 0) is 97.8 Å². The molecule has 0 unspecified atom stereocenters. The normalized spacial score (nSPS) is 11.2. The first kappa shape index (κ1) is 28.2. The lowest BCUT2D eigenvalue weighted by Crippen LogP contribution is -2.13. The van der Waals surface area contributed by atoms with Crippen molar-refractivity contribution in [1.29, 1.82) is 0 Å². The Morgan fingerprint density at radius 1 is 0.610 bits per heavy atom. The van der Waals surface area contributed by atoms with Crippen molar-refractivity contribution in [2.75, 3.05) is 22.6 Å². The van der Waals surface area contributed by atoms with Crippen LogP contribution in [0.5, 0.6) is 5.75 Å². The fourth-order valence-electron chi connectivity index (χ4n) is 4.79. The molecule has 0 saturated heterocycles. The van der Waals surface area contributed by atoms with Gasteiger partial charge in [-0.3, -0.25) is 4.57 Å². The number of anilines is 6. The van der Waals surface area contributed by atoms with Crippen LogP contribution >= 0.6 is 7.60 Å². The fourth-order valence-corrected chi connectivity index (χ4v) is 5.33. The highest BCUT2D eigenvalue weighted by atomic mass is 31.2. The number of rotatable bonds is 11. The molecule has 0 spiro atoms. The van der Waals surface area contributed by atoms with E-state index in [1.807, 2.05) is 79.7 Å². The fraction of sp³-hybridized carbons (Fsp3) is 0.118. The van der Waals surface area contributed by atoms with E-state index in [0.717, 1.165) is 39.7 Å². The second-order valence-electron chi connectivity index (χ2n) is 9.73. The molecule has 2 N–H and O–H groups in total. The van der Waals surface area contributed by atoms with Crippen LogP contribution in [0.15, 0.2) is 133 Å². The molecule has 5 aromatic carbocycles. The topological polar surface area (TPSA) is 73.2 Å². The van der Waals surface area contributed by atoms with Crippen molar-refractivity contribution in [2.45, 2.75) is 13.3 Å². The van der Waals surface area contributed by atoms with E-state index in [0.29, 0.717) is 5.75 Å². The molecule has 0 fully saturated rings. The van der Waals surface area contributed by atoms with Crippen LogP contribution < -0.4 is 14.5 Å². The minimum absolute atomic E-state index is 0.187. The van der Waals surface area contributed by atoms with Gasteiger partial charge < -0.3 is 24.3 Å². The van der Waals surface area contributed by atoms with Gasteiger partial charge >= 0.3 is 7.60 Å². The molecule has 0 aliphatic heterocycles. The van der Waals surface area contributed by atoms with Gasteiger partial charge in [-0.1, -0.05) is 54.6 Å². The molecule has 0 heterocycles. The second-order valence-corrected chi connectivity index (χ2v) is 11.5. The number of benzene rings is 5. The Morgan fingerprint density at radius 2 is 1.05 bits per heavy atom. The van der Waals surface area contributed by atoms with Gasteiger partial charge in [-0.25, -0.2) is 0 Å². The Morgan fingerprint density at radius 3 is 1.51 bits per heavy atom. The van der Waals surface area contributed by atoms with Crippen molar-refractivity contribution in [2.24, 2.45) is 0 Å². The lowest BCUT2D eigenvalue weighted by Gasteiger charge is -2.29. The molecule has 0 amide bonds. The summed E-state index contributed by atoms with van der Waals surface area (Å²) in [6.45, 7) is 2.28. The molecule has 0 radical (unpaired) electrons. The smallest absolute Gasteiger partial charge is 0.325 e. The molecule has 5 rings (SSSR count). The molecule has 0 aliphatic carbocycles. The summed E-state index contributed by atoms with van der Waals surface area (Å²) in [5.74, 6) is 0.668. The Kier molecular flexibility index (Phi) is 8.85. The minimum atomic E-state index is -4.02. The maximum absolute atomic E-state index is 11.1. The van der Waals surface area contributed by atoms with Crippen molar-refractivity contribution in [3.05, 3.63) is 139 Å². The van der Waals surface area contributed by atoms with Gasteiger partial charge in [-0.2, -0.15) is 0 Å². The average Bonchev–Trinajstić information content (AvgIpc) is 2.99. The monoisotopic (exact) mass is 564 g/mol. The summed E-state index contributed by atoms with van der Waals surface area (Å²) in [4.78, 5) is 22.6. The summed E-state index contributed by atoms with van der Waals surface area (Å²) >= 11 is 0. The number of hydrogen-bond donors (Lipinski definition) is 2. The highest BCUT2D eigenvalue weighted by Crippen LogP contribution is 2.40. The highest BCUT2D eigenvalue weighted by Gasteiger charge is 2.17. The number of para-hydroxylation sites is 3. The quantitative estimate of drug-likeness (QED) is 0.123. The standard InChI is InChI=1S/C34H33N2O4P/c1-27-26-33(40-24-11-25-41(37,38)39)22-23-34(27)36(30-16-9-4-10-17-30)32-20-18-31(19-21-32)35(28-12-5-2-6-13-28)29-14-7-3-8-15-29/h2-10,12-23,26H,11,24-25H2,1H3,(H2,37,38,39). The molecule has 41 heavy (non-hydrogen) atoms. The van der Waals surface area contributed by atoms with Gasteiger partial charge in [0, 0.05) is 34.1 Å². The van der Waals surface area contributed by atoms with Crippen LogP contribution in [-0.2, 0) is 4.57 Å². The molecule has 0 atom stereocenters. The van der Waals surface area contributed by atoms with Crippen LogP contribution in [0.3, 0.4) is 0 Å². The SMILES string of the molecule is Cc1cc(OCCCP(=O)(O)O)ccc1N(c1ccccc1)c1ccc(N(c2ccccc2)c2ccccc2)cc1. The molecular weight excluding hydrogens is 531 g/mol. The van der Waals surface area contributed by atoms with Gasteiger partial charge in [0.15, 0.2) is 0 Å². The molecule has 5 aromatic rings. The Balaban J connectivity index is 1.46. The summed E-state index contributed by atoms with van der Waals surface area (Å²) in [6.07, 6.45) is 0.102. The maximum Gasteiger partial charge on any atom is 0.325 e. The van der Waals surface area contributed by atoms with Gasteiger partial charge in [-0.15, -0.1) is 0 Å². The van der Waals surface area contributed by atoms with Crippen LogP contribution in [0.2, 0.25) is 0 Å². The maximum atomic E-state index is 11.1. The van der Waals surface area contributed by atoms with Crippen LogP contribution in [0.25, 0.3) is 0 Å². The van der Waals surface area contributed by atoms with E-state index in [-0.39, 0.29) is 19.2 Å². The Labute approximate surface area is 241 Å². The van der Waals surface area contributed by atoms with Gasteiger partial charge in [0.1, 0.15) is 5.75 Å². The van der Waals surface area contributed by atoms with Crippen LogP contribution in [0, 0.1) is 6.92 Å². The Hall–Kier alpha value is -4.35. The largest absolute Gasteiger partial charge is 0.494 e. The van der Waals surface area contributed by atoms with Crippen molar-refractivity contribution >= 4 is 41.7 Å². The molecular formula is C34H33N2O4P. The lowest BCUT2D eigenvalue weighted by molar-refractivity contribution is 0.309. The van der Waals surface area contributed by atoms with E-state index in [2.05, 4.69) is 70.5 Å². The number of nitrogens with zero attached hydrogens (tertiary/aromatic N) is 2. The Bertz CT molecular complexity index is 1550. The summed E-state index contributed by atoms with van der Waals surface area (Å²) < 4.78 is 16.9. The third-order valence-electron chi connectivity index (χ3n) is 6.68. The lowest BCUT2D eigenvalue weighted by atomic mass is 10.1. The molecule has 0 aliphatic rings. The second kappa shape index (κ2) is 12.9. The van der Waals surface area contributed by atoms with Gasteiger partial charge in [0.2, 0.25) is 0 Å². The van der Waals surface area contributed by atoms with Crippen molar-refractivity contribution in [3.63, 3.8) is 0 Å². The zero-order valence-corrected chi connectivity index (χ0v) is 23.8. The van der Waals surface area contributed by atoms with E-state index in [9.17, 15) is 4.57 Å². The summed E-state index contributed by atoms with van der Waals surface area (Å²) in [5, 5.41) is 0. The number of aryl methyl sites for hydroxylation is 1. The zero-order chi connectivity index (χ0) is 28.7. The molecule has 0 saturated carbocycles. The van der Waals surface area contributed by atoms with Crippen molar-refractivity contribution in [3.8, 4) is 5.75 Å². The first-order chi connectivity index (χ1) is 19.9. The van der Waals surface area contributed by atoms with E-state index >= 15 is 0 Å². The highest BCUT2D eigenvalue weighted by molar-refractivity contribution is 7.51. The molecule has 208 valence electrons. The average molecular weight is 565 g/mol. The van der Waals surface area contributed by atoms with E-state index < -0.39 is 7.60 Å². The van der Waals surface area contributed by atoms with E-state index in [4.69, 9.17) is 14.5 Å². The predicted molar refractivity (Wildman–Crippen MR) is 168 cm³/mol. The molecule has 0 bridgehead atoms. The zero-order valence-electron chi connectivity index (χ0n) is 22.9. The number of ether oxygens (including phenoxy) is 1. The van der Waals surface area contributed by atoms with E-state index in [1.165, 1.54) is 0 Å². The van der Waals surface area contributed by atoms with Crippen molar-refractivity contribution < 1.29 is 19.1 Å². The third kappa shape index (κ3) is 7.24. The van der Waals surface area contributed by atoms with E-state index in [1.54, 1.807) is 0 Å². The van der Waals surface area contributed by atoms with Crippen LogP contribution in [0.1, 0.15) is 12.0 Å². The van der Waals surface area contributed by atoms with Gasteiger partial charge in [0.05, 0.1) is 12.8 Å². The first-order valence-electron chi connectivity index (χ1n) is 13.5.